The number of carbonyl (C=O) groups is 3. The molecular weight excluding hydrogens is 360 g/mol. The molecule has 28 heavy (non-hydrogen) atoms. The zero-order chi connectivity index (χ0) is 20.1. The number of carboxylic acid groups (broad SMARTS) is 1. The van der Waals surface area contributed by atoms with Crippen LogP contribution in [0.5, 0.6) is 0 Å². The number of benzene rings is 1. The molecule has 7 heteroatoms. The Morgan fingerprint density at radius 3 is 2.64 bits per heavy atom. The lowest BCUT2D eigenvalue weighted by atomic mass is 10.00. The molecule has 1 atom stereocenters. The fraction of sp³-hybridized carbons (Fsp3) is 0.571. The second kappa shape index (κ2) is 8.73. The summed E-state index contributed by atoms with van der Waals surface area (Å²) in [5.74, 6) is -1.47. The van der Waals surface area contributed by atoms with Gasteiger partial charge in [-0.2, -0.15) is 0 Å². The van der Waals surface area contributed by atoms with Crippen LogP contribution in [0.1, 0.15) is 62.2 Å². The number of amides is 2. The van der Waals surface area contributed by atoms with Crippen molar-refractivity contribution in [2.75, 3.05) is 18.5 Å². The molecule has 0 spiro atoms. The SMILES string of the molecule is CCOC1(C(=O)Nc2cccc(C(=O)N3CCCCC3C(=O)O)c2)CCCC1. The van der Waals surface area contributed by atoms with Gasteiger partial charge in [0.1, 0.15) is 11.6 Å². The number of carbonyl (C=O) groups excluding carboxylic acids is 2. The van der Waals surface area contributed by atoms with Gasteiger partial charge in [0.15, 0.2) is 0 Å². The minimum Gasteiger partial charge on any atom is -0.480 e. The first-order valence-corrected chi connectivity index (χ1v) is 10.1. The fourth-order valence-electron chi connectivity index (χ4n) is 4.23. The normalized spacial score (nSPS) is 21.3. The van der Waals surface area contributed by atoms with Crippen LogP contribution in [0, 0.1) is 0 Å². The van der Waals surface area contributed by atoms with Gasteiger partial charge < -0.3 is 20.1 Å². The van der Waals surface area contributed by atoms with Crippen molar-refractivity contribution in [2.45, 2.75) is 63.5 Å². The lowest BCUT2D eigenvalue weighted by Gasteiger charge is -2.33. The number of hydrogen-bond acceptors (Lipinski definition) is 4. The maximum absolute atomic E-state index is 12.9. The Hall–Kier alpha value is -2.41. The largest absolute Gasteiger partial charge is 0.480 e. The van der Waals surface area contributed by atoms with E-state index in [9.17, 15) is 19.5 Å². The lowest BCUT2D eigenvalue weighted by Crippen LogP contribution is -2.48. The third-order valence-electron chi connectivity index (χ3n) is 5.66. The van der Waals surface area contributed by atoms with E-state index in [-0.39, 0.29) is 11.8 Å². The molecule has 1 saturated carbocycles. The van der Waals surface area contributed by atoms with Crippen LogP contribution in [0.15, 0.2) is 24.3 Å². The van der Waals surface area contributed by atoms with Gasteiger partial charge >= 0.3 is 5.97 Å². The molecule has 2 amide bonds. The summed E-state index contributed by atoms with van der Waals surface area (Å²) < 4.78 is 5.79. The average molecular weight is 388 g/mol. The van der Waals surface area contributed by atoms with E-state index in [0.29, 0.717) is 43.7 Å². The first kappa shape index (κ1) is 20.3. The standard InChI is InChI=1S/C21H28N2O5/c1-2-28-21(11-4-5-12-21)20(27)22-16-9-7-8-15(14-16)18(24)23-13-6-3-10-17(23)19(25)26/h7-9,14,17H,2-6,10-13H2,1H3,(H,22,27)(H,25,26). The summed E-state index contributed by atoms with van der Waals surface area (Å²) in [6, 6.07) is 5.90. The zero-order valence-corrected chi connectivity index (χ0v) is 16.3. The number of ether oxygens (including phenoxy) is 1. The molecule has 2 N–H and O–H groups in total. The van der Waals surface area contributed by atoms with Gasteiger partial charge in [-0.1, -0.05) is 6.07 Å². The molecule has 7 nitrogen and oxygen atoms in total. The van der Waals surface area contributed by atoms with Gasteiger partial charge in [-0.25, -0.2) is 4.79 Å². The van der Waals surface area contributed by atoms with E-state index in [4.69, 9.17) is 4.74 Å². The van der Waals surface area contributed by atoms with E-state index in [0.717, 1.165) is 25.7 Å². The Morgan fingerprint density at radius 2 is 1.96 bits per heavy atom. The van der Waals surface area contributed by atoms with Crippen LogP contribution < -0.4 is 5.32 Å². The van der Waals surface area contributed by atoms with E-state index < -0.39 is 17.6 Å². The molecule has 1 aromatic carbocycles. The van der Waals surface area contributed by atoms with Crippen molar-refractivity contribution in [2.24, 2.45) is 0 Å². The Bertz CT molecular complexity index is 742. The highest BCUT2D eigenvalue weighted by molar-refractivity contribution is 6.00. The van der Waals surface area contributed by atoms with Crippen LogP contribution in [0.3, 0.4) is 0 Å². The maximum atomic E-state index is 12.9. The number of nitrogens with one attached hydrogen (secondary N) is 1. The summed E-state index contributed by atoms with van der Waals surface area (Å²) >= 11 is 0. The molecule has 1 heterocycles. The number of aliphatic carboxylic acids is 1. The summed E-state index contributed by atoms with van der Waals surface area (Å²) in [7, 11) is 0. The van der Waals surface area contributed by atoms with Gasteiger partial charge in [-0.15, -0.1) is 0 Å². The molecule has 0 aromatic heterocycles. The topological polar surface area (TPSA) is 95.9 Å². The van der Waals surface area contributed by atoms with Gasteiger partial charge in [0, 0.05) is 24.4 Å². The fourth-order valence-corrected chi connectivity index (χ4v) is 4.23. The quantitative estimate of drug-likeness (QED) is 0.781. The van der Waals surface area contributed by atoms with Gasteiger partial charge in [-0.05, 0) is 70.1 Å². The third-order valence-corrected chi connectivity index (χ3v) is 5.66. The van der Waals surface area contributed by atoms with E-state index in [1.54, 1.807) is 24.3 Å². The van der Waals surface area contributed by atoms with Crippen LogP contribution in [0.2, 0.25) is 0 Å². The second-order valence-corrected chi connectivity index (χ2v) is 7.52. The highest BCUT2D eigenvalue weighted by atomic mass is 16.5. The number of anilines is 1. The third kappa shape index (κ3) is 4.19. The minimum absolute atomic E-state index is 0.183. The van der Waals surface area contributed by atoms with Gasteiger partial charge in [0.2, 0.25) is 0 Å². The minimum atomic E-state index is -0.975. The van der Waals surface area contributed by atoms with Crippen molar-refractivity contribution < 1.29 is 24.2 Å². The molecular formula is C21H28N2O5. The number of rotatable bonds is 6. The Kier molecular flexibility index (Phi) is 6.34. The van der Waals surface area contributed by atoms with E-state index >= 15 is 0 Å². The van der Waals surface area contributed by atoms with Crippen molar-refractivity contribution in [3.05, 3.63) is 29.8 Å². The molecule has 1 aliphatic carbocycles. The van der Waals surface area contributed by atoms with Crippen LogP contribution in [-0.4, -0.2) is 52.6 Å². The molecule has 2 aliphatic rings. The van der Waals surface area contributed by atoms with Crippen molar-refractivity contribution in [3.8, 4) is 0 Å². The molecule has 2 fully saturated rings. The first-order chi connectivity index (χ1) is 13.5. The monoisotopic (exact) mass is 388 g/mol. The molecule has 0 radical (unpaired) electrons. The van der Waals surface area contributed by atoms with E-state index in [1.165, 1.54) is 4.90 Å². The summed E-state index contributed by atoms with van der Waals surface area (Å²) in [5.41, 5.74) is 0.101. The number of likely N-dealkylation sites (tertiary alicyclic amines) is 1. The Morgan fingerprint density at radius 1 is 1.21 bits per heavy atom. The van der Waals surface area contributed by atoms with Gasteiger partial charge in [0.05, 0.1) is 0 Å². The summed E-state index contributed by atoms with van der Waals surface area (Å²) in [5, 5.41) is 12.3. The van der Waals surface area contributed by atoms with Crippen molar-refractivity contribution in [1.29, 1.82) is 0 Å². The van der Waals surface area contributed by atoms with Gasteiger partial charge in [-0.3, -0.25) is 9.59 Å². The zero-order valence-electron chi connectivity index (χ0n) is 16.3. The summed E-state index contributed by atoms with van der Waals surface area (Å²) in [6.45, 7) is 2.78. The number of hydrogen-bond donors (Lipinski definition) is 2. The number of nitrogens with zero attached hydrogens (tertiary/aromatic N) is 1. The molecule has 1 aliphatic heterocycles. The average Bonchev–Trinajstić information content (AvgIpc) is 3.18. The first-order valence-electron chi connectivity index (χ1n) is 10.1. The summed E-state index contributed by atoms with van der Waals surface area (Å²) in [6.07, 6.45) is 5.36. The predicted molar refractivity (Wildman–Crippen MR) is 104 cm³/mol. The van der Waals surface area contributed by atoms with E-state index in [2.05, 4.69) is 5.32 Å². The highest BCUT2D eigenvalue weighted by Gasteiger charge is 2.42. The lowest BCUT2D eigenvalue weighted by molar-refractivity contribution is -0.143. The van der Waals surface area contributed by atoms with Crippen molar-refractivity contribution in [3.63, 3.8) is 0 Å². The van der Waals surface area contributed by atoms with Gasteiger partial charge in [0.25, 0.3) is 11.8 Å². The Labute approximate surface area is 165 Å². The van der Waals surface area contributed by atoms with Crippen LogP contribution in [0.4, 0.5) is 5.69 Å². The number of carboxylic acids is 1. The maximum Gasteiger partial charge on any atom is 0.326 e. The van der Waals surface area contributed by atoms with E-state index in [1.807, 2.05) is 6.92 Å². The van der Waals surface area contributed by atoms with Crippen LogP contribution >= 0.6 is 0 Å². The highest BCUT2D eigenvalue weighted by Crippen LogP contribution is 2.34. The molecule has 0 bridgehead atoms. The molecule has 152 valence electrons. The van der Waals surface area contributed by atoms with Crippen molar-refractivity contribution in [1.82, 2.24) is 4.90 Å². The smallest absolute Gasteiger partial charge is 0.326 e. The molecule has 1 unspecified atom stereocenters. The Balaban J connectivity index is 1.75. The second-order valence-electron chi connectivity index (χ2n) is 7.52. The summed E-state index contributed by atoms with van der Waals surface area (Å²) in [4.78, 5) is 38.7. The number of piperidine rings is 1. The predicted octanol–water partition coefficient (Wildman–Crippen LogP) is 3.05. The molecule has 1 aromatic rings. The van der Waals surface area contributed by atoms with Crippen molar-refractivity contribution >= 4 is 23.5 Å². The molecule has 1 saturated heterocycles. The van der Waals surface area contributed by atoms with Crippen LogP contribution in [0.25, 0.3) is 0 Å². The molecule has 3 rings (SSSR count). The van der Waals surface area contributed by atoms with Crippen LogP contribution in [-0.2, 0) is 14.3 Å².